The lowest BCUT2D eigenvalue weighted by Gasteiger charge is -2.15. The van der Waals surface area contributed by atoms with E-state index in [-0.39, 0.29) is 11.2 Å². The van der Waals surface area contributed by atoms with Crippen molar-refractivity contribution in [1.29, 1.82) is 0 Å². The number of nitrogens with zero attached hydrogens (tertiary/aromatic N) is 3. The van der Waals surface area contributed by atoms with Crippen molar-refractivity contribution in [3.05, 3.63) is 16.6 Å². The van der Waals surface area contributed by atoms with Gasteiger partial charge in [-0.25, -0.2) is 4.98 Å². The molecule has 0 fully saturated rings. The lowest BCUT2D eigenvalue weighted by atomic mass is 9.87. The summed E-state index contributed by atoms with van der Waals surface area (Å²) in [4.78, 5) is 16.1. The Balaban J connectivity index is 1.95. The number of hydrogen-bond acceptors (Lipinski definition) is 5. The summed E-state index contributed by atoms with van der Waals surface area (Å²) >= 11 is 1.55. The second kappa shape index (κ2) is 4.49. The van der Waals surface area contributed by atoms with Crippen molar-refractivity contribution in [2.75, 3.05) is 0 Å². The van der Waals surface area contributed by atoms with E-state index in [0.717, 1.165) is 16.4 Å². The van der Waals surface area contributed by atoms with Gasteiger partial charge < -0.3 is 0 Å². The van der Waals surface area contributed by atoms with Crippen molar-refractivity contribution in [2.45, 2.75) is 33.6 Å². The summed E-state index contributed by atoms with van der Waals surface area (Å²) in [6.07, 6.45) is 2.79. The third-order valence-electron chi connectivity index (χ3n) is 2.56. The van der Waals surface area contributed by atoms with E-state index < -0.39 is 0 Å². The van der Waals surface area contributed by atoms with Crippen LogP contribution in [0, 0.1) is 5.41 Å². The molecule has 0 N–H and O–H groups in total. The van der Waals surface area contributed by atoms with Gasteiger partial charge in [-0.1, -0.05) is 20.8 Å². The van der Waals surface area contributed by atoms with Crippen molar-refractivity contribution < 1.29 is 4.79 Å². The second-order valence-corrected chi connectivity index (χ2v) is 5.97. The van der Waals surface area contributed by atoms with Crippen LogP contribution in [0.25, 0.3) is 0 Å². The molecular weight excluding hydrogens is 234 g/mol. The van der Waals surface area contributed by atoms with Gasteiger partial charge in [0.1, 0.15) is 16.5 Å². The van der Waals surface area contributed by atoms with Gasteiger partial charge in [0.05, 0.1) is 5.71 Å². The van der Waals surface area contributed by atoms with E-state index in [1.165, 1.54) is 0 Å². The zero-order valence-corrected chi connectivity index (χ0v) is 11.0. The molecular formula is C12H15N3OS. The Hall–Kier alpha value is -1.36. The van der Waals surface area contributed by atoms with Gasteiger partial charge in [0.2, 0.25) is 0 Å². The SMILES string of the molecule is CC(C)(C)C(=O)CC1=NN=C(c2nccs2)C1. The van der Waals surface area contributed by atoms with Crippen molar-refractivity contribution in [1.82, 2.24) is 4.98 Å². The molecule has 0 amide bonds. The Morgan fingerprint density at radius 2 is 2.18 bits per heavy atom. The van der Waals surface area contributed by atoms with Crippen molar-refractivity contribution in [2.24, 2.45) is 15.6 Å². The third kappa shape index (κ3) is 2.85. The number of ketones is 1. The molecule has 2 rings (SSSR count). The predicted octanol–water partition coefficient (Wildman–Crippen LogP) is 2.70. The summed E-state index contributed by atoms with van der Waals surface area (Å²) in [7, 11) is 0. The summed E-state index contributed by atoms with van der Waals surface area (Å²) in [6, 6.07) is 0. The Morgan fingerprint density at radius 3 is 2.76 bits per heavy atom. The van der Waals surface area contributed by atoms with Crippen LogP contribution in [0.1, 0.15) is 38.6 Å². The maximum absolute atomic E-state index is 11.9. The van der Waals surface area contributed by atoms with Gasteiger partial charge in [0.25, 0.3) is 0 Å². The molecule has 4 nitrogen and oxygen atoms in total. The number of carbonyl (C=O) groups excluding carboxylic acids is 1. The topological polar surface area (TPSA) is 54.7 Å². The lowest BCUT2D eigenvalue weighted by Crippen LogP contribution is -2.23. The first-order valence-electron chi connectivity index (χ1n) is 5.52. The molecule has 1 aliphatic rings. The van der Waals surface area contributed by atoms with E-state index in [1.54, 1.807) is 17.5 Å². The molecule has 0 unspecified atom stereocenters. The first-order valence-corrected chi connectivity index (χ1v) is 6.40. The summed E-state index contributed by atoms with van der Waals surface area (Å²) < 4.78 is 0. The zero-order chi connectivity index (χ0) is 12.5. The number of aromatic nitrogens is 1. The zero-order valence-electron chi connectivity index (χ0n) is 10.2. The average molecular weight is 249 g/mol. The van der Waals surface area contributed by atoms with E-state index in [2.05, 4.69) is 15.2 Å². The minimum atomic E-state index is -0.313. The molecule has 0 radical (unpaired) electrons. The molecule has 2 heterocycles. The highest BCUT2D eigenvalue weighted by atomic mass is 32.1. The van der Waals surface area contributed by atoms with Crippen LogP contribution in [0.15, 0.2) is 21.8 Å². The van der Waals surface area contributed by atoms with Crippen molar-refractivity contribution in [3.8, 4) is 0 Å². The number of hydrogen-bond donors (Lipinski definition) is 0. The quantitative estimate of drug-likeness (QED) is 0.827. The number of rotatable bonds is 3. The van der Waals surface area contributed by atoms with E-state index in [1.807, 2.05) is 26.2 Å². The van der Waals surface area contributed by atoms with Crippen LogP contribution in [0.2, 0.25) is 0 Å². The number of thiazole rings is 1. The molecule has 0 aromatic carbocycles. The van der Waals surface area contributed by atoms with Gasteiger partial charge in [-0.2, -0.15) is 10.2 Å². The van der Waals surface area contributed by atoms with Crippen LogP contribution in [0.5, 0.6) is 0 Å². The van der Waals surface area contributed by atoms with Gasteiger partial charge in [-0.05, 0) is 0 Å². The molecule has 90 valence electrons. The fraction of sp³-hybridized carbons (Fsp3) is 0.500. The van der Waals surface area contributed by atoms with Crippen LogP contribution >= 0.6 is 11.3 Å². The number of carbonyl (C=O) groups is 1. The fourth-order valence-electron chi connectivity index (χ4n) is 1.43. The standard InChI is InChI=1S/C12H15N3OS/c1-12(2,3)10(16)7-8-6-9(15-14-8)11-13-4-5-17-11/h4-5H,6-7H2,1-3H3. The fourth-order valence-corrected chi connectivity index (χ4v) is 2.05. The van der Waals surface area contributed by atoms with Gasteiger partial charge in [0.15, 0.2) is 0 Å². The Labute approximate surface area is 104 Å². The van der Waals surface area contributed by atoms with Gasteiger partial charge in [-0.3, -0.25) is 4.79 Å². The lowest BCUT2D eigenvalue weighted by molar-refractivity contribution is -0.125. The Morgan fingerprint density at radius 1 is 1.41 bits per heavy atom. The molecule has 0 saturated heterocycles. The van der Waals surface area contributed by atoms with Crippen LogP contribution < -0.4 is 0 Å². The Bertz CT molecular complexity index is 480. The first kappa shape index (κ1) is 12.1. The van der Waals surface area contributed by atoms with Gasteiger partial charge in [-0.15, -0.1) is 11.3 Å². The monoisotopic (exact) mass is 249 g/mol. The summed E-state index contributed by atoms with van der Waals surface area (Å²) in [5, 5.41) is 11.0. The first-order chi connectivity index (χ1) is 7.97. The molecule has 0 saturated carbocycles. The summed E-state index contributed by atoms with van der Waals surface area (Å²) in [5.74, 6) is 0.201. The average Bonchev–Trinajstić information content (AvgIpc) is 2.83. The highest BCUT2D eigenvalue weighted by Gasteiger charge is 2.25. The molecule has 1 aromatic heterocycles. The molecule has 0 bridgehead atoms. The van der Waals surface area contributed by atoms with Gasteiger partial charge in [0, 0.05) is 29.8 Å². The van der Waals surface area contributed by atoms with E-state index in [0.29, 0.717) is 12.8 Å². The number of Topliss-reactive ketones (excluding diaryl/α,β-unsaturated/α-hetero) is 1. The summed E-state index contributed by atoms with van der Waals surface area (Å²) in [5.41, 5.74) is 1.40. The smallest absolute Gasteiger partial charge is 0.143 e. The molecule has 17 heavy (non-hydrogen) atoms. The molecule has 1 aromatic rings. The molecule has 0 aliphatic carbocycles. The second-order valence-electron chi connectivity index (χ2n) is 5.08. The largest absolute Gasteiger partial charge is 0.299 e. The third-order valence-corrected chi connectivity index (χ3v) is 3.39. The maximum atomic E-state index is 11.9. The van der Waals surface area contributed by atoms with E-state index >= 15 is 0 Å². The summed E-state index contributed by atoms with van der Waals surface area (Å²) in [6.45, 7) is 5.77. The normalized spacial score (nSPS) is 15.7. The predicted molar refractivity (Wildman–Crippen MR) is 69.8 cm³/mol. The molecule has 0 atom stereocenters. The highest BCUT2D eigenvalue weighted by Crippen LogP contribution is 2.21. The van der Waals surface area contributed by atoms with Crippen LogP contribution in [-0.4, -0.2) is 22.2 Å². The van der Waals surface area contributed by atoms with E-state index in [4.69, 9.17) is 0 Å². The minimum Gasteiger partial charge on any atom is -0.299 e. The van der Waals surface area contributed by atoms with Crippen LogP contribution in [0.4, 0.5) is 0 Å². The van der Waals surface area contributed by atoms with Gasteiger partial charge >= 0.3 is 0 Å². The molecule has 0 spiro atoms. The highest BCUT2D eigenvalue weighted by molar-refractivity contribution is 7.11. The van der Waals surface area contributed by atoms with Crippen molar-refractivity contribution in [3.63, 3.8) is 0 Å². The van der Waals surface area contributed by atoms with Crippen molar-refractivity contribution >= 4 is 28.5 Å². The van der Waals surface area contributed by atoms with Crippen LogP contribution in [0.3, 0.4) is 0 Å². The maximum Gasteiger partial charge on any atom is 0.143 e. The molecule has 5 heteroatoms. The molecule has 1 aliphatic heterocycles. The Kier molecular flexibility index (Phi) is 3.19. The van der Waals surface area contributed by atoms with E-state index in [9.17, 15) is 4.79 Å². The minimum absolute atomic E-state index is 0.201. The van der Waals surface area contributed by atoms with Crippen LogP contribution in [-0.2, 0) is 4.79 Å².